The molecular weight excluding hydrogens is 220 g/mol. The Morgan fingerprint density at radius 2 is 2.00 bits per heavy atom. The van der Waals surface area contributed by atoms with E-state index in [1.54, 1.807) is 0 Å². The van der Waals surface area contributed by atoms with E-state index >= 15 is 0 Å². The topological polar surface area (TPSA) is 15.3 Å². The molecule has 0 unspecified atom stereocenters. The predicted molar refractivity (Wildman–Crippen MR) is 80.6 cm³/mol. The highest BCUT2D eigenvalue weighted by Gasteiger charge is 2.16. The molecule has 2 nitrogen and oxygen atoms in total. The van der Waals surface area contributed by atoms with Crippen LogP contribution in [0.3, 0.4) is 0 Å². The zero-order valence-corrected chi connectivity index (χ0v) is 12.4. The van der Waals surface area contributed by atoms with E-state index in [0.717, 1.165) is 26.2 Å². The standard InChI is InChI=1S/C16H28N2/c1-6-8-16(14(4)13(3)7-2)15(5)18-11-9-17-10-12-18/h6,8,13,17H,5,7,9-12H2,1-4H3/b8-6-,16-14+/t13-/m1/s1. The molecule has 1 saturated heterocycles. The van der Waals surface area contributed by atoms with Crippen molar-refractivity contribution < 1.29 is 0 Å². The van der Waals surface area contributed by atoms with Gasteiger partial charge in [-0.05, 0) is 31.8 Å². The second kappa shape index (κ2) is 7.42. The Bertz CT molecular complexity index is 333. The van der Waals surface area contributed by atoms with E-state index in [0.29, 0.717) is 5.92 Å². The molecule has 1 atom stereocenters. The van der Waals surface area contributed by atoms with Gasteiger partial charge in [-0.1, -0.05) is 38.2 Å². The van der Waals surface area contributed by atoms with E-state index in [1.807, 2.05) is 0 Å². The first-order chi connectivity index (χ1) is 8.61. The van der Waals surface area contributed by atoms with Gasteiger partial charge in [0.15, 0.2) is 0 Å². The fraction of sp³-hybridized carbons (Fsp3) is 0.625. The van der Waals surface area contributed by atoms with Crippen LogP contribution in [0.1, 0.15) is 34.1 Å². The summed E-state index contributed by atoms with van der Waals surface area (Å²) in [6.45, 7) is 17.4. The van der Waals surface area contributed by atoms with Crippen LogP contribution in [0, 0.1) is 5.92 Å². The summed E-state index contributed by atoms with van der Waals surface area (Å²) in [6, 6.07) is 0. The van der Waals surface area contributed by atoms with Crippen LogP contribution in [0.2, 0.25) is 0 Å². The molecule has 0 aromatic rings. The zero-order chi connectivity index (χ0) is 13.5. The van der Waals surface area contributed by atoms with Crippen molar-refractivity contribution in [3.8, 4) is 0 Å². The SMILES string of the molecule is C=C(C(/C=C\C)=C(\C)[C@H](C)CC)N1CCNCC1. The lowest BCUT2D eigenvalue weighted by Crippen LogP contribution is -2.43. The maximum atomic E-state index is 4.32. The first kappa shape index (κ1) is 15.0. The molecular formula is C16H28N2. The van der Waals surface area contributed by atoms with Crippen LogP contribution >= 0.6 is 0 Å². The minimum atomic E-state index is 0.621. The molecule has 0 bridgehead atoms. The number of allylic oxidation sites excluding steroid dienone is 3. The van der Waals surface area contributed by atoms with Gasteiger partial charge in [0.2, 0.25) is 0 Å². The summed E-state index contributed by atoms with van der Waals surface area (Å²) < 4.78 is 0. The third-order valence-corrected chi connectivity index (χ3v) is 3.92. The minimum absolute atomic E-state index is 0.621. The normalized spacial score (nSPS) is 19.9. The molecule has 102 valence electrons. The van der Waals surface area contributed by atoms with Crippen LogP contribution < -0.4 is 5.32 Å². The minimum Gasteiger partial charge on any atom is -0.369 e. The smallest absolute Gasteiger partial charge is 0.0367 e. The summed E-state index contributed by atoms with van der Waals surface area (Å²) in [5.41, 5.74) is 3.97. The Balaban J connectivity index is 2.93. The van der Waals surface area contributed by atoms with Crippen molar-refractivity contribution in [2.24, 2.45) is 5.92 Å². The van der Waals surface area contributed by atoms with E-state index in [1.165, 1.54) is 23.3 Å². The molecule has 18 heavy (non-hydrogen) atoms. The Labute approximate surface area is 112 Å². The third kappa shape index (κ3) is 3.74. The first-order valence-electron chi connectivity index (χ1n) is 7.10. The molecule has 1 aliphatic heterocycles. The van der Waals surface area contributed by atoms with Gasteiger partial charge in [-0.25, -0.2) is 0 Å². The second-order valence-electron chi connectivity index (χ2n) is 5.09. The lowest BCUT2D eigenvalue weighted by Gasteiger charge is -2.32. The zero-order valence-electron chi connectivity index (χ0n) is 12.4. The van der Waals surface area contributed by atoms with Crippen LogP contribution in [0.4, 0.5) is 0 Å². The molecule has 1 fully saturated rings. The Morgan fingerprint density at radius 3 is 2.50 bits per heavy atom. The van der Waals surface area contributed by atoms with Crippen LogP contribution in [0.15, 0.2) is 35.6 Å². The molecule has 1 heterocycles. The van der Waals surface area contributed by atoms with Gasteiger partial charge in [-0.3, -0.25) is 0 Å². The van der Waals surface area contributed by atoms with Crippen molar-refractivity contribution >= 4 is 0 Å². The van der Waals surface area contributed by atoms with Gasteiger partial charge < -0.3 is 10.2 Å². The van der Waals surface area contributed by atoms with Crippen molar-refractivity contribution in [2.75, 3.05) is 26.2 Å². The van der Waals surface area contributed by atoms with Crippen molar-refractivity contribution in [3.63, 3.8) is 0 Å². The van der Waals surface area contributed by atoms with Gasteiger partial charge in [0.1, 0.15) is 0 Å². The molecule has 2 heteroatoms. The van der Waals surface area contributed by atoms with E-state index in [-0.39, 0.29) is 0 Å². The predicted octanol–water partition coefficient (Wildman–Crippen LogP) is 3.34. The van der Waals surface area contributed by atoms with E-state index < -0.39 is 0 Å². The number of nitrogens with zero attached hydrogens (tertiary/aromatic N) is 1. The van der Waals surface area contributed by atoms with Gasteiger partial charge in [-0.2, -0.15) is 0 Å². The maximum absolute atomic E-state index is 4.32. The molecule has 1 rings (SSSR count). The number of rotatable bonds is 5. The summed E-state index contributed by atoms with van der Waals surface area (Å²) in [5, 5.41) is 3.39. The molecule has 0 amide bonds. The molecule has 0 radical (unpaired) electrons. The highest BCUT2D eigenvalue weighted by atomic mass is 15.2. The first-order valence-corrected chi connectivity index (χ1v) is 7.10. The molecule has 0 aromatic heterocycles. The van der Waals surface area contributed by atoms with Crippen LogP contribution in [0.5, 0.6) is 0 Å². The number of nitrogens with one attached hydrogen (secondary N) is 1. The average molecular weight is 248 g/mol. The summed E-state index contributed by atoms with van der Waals surface area (Å²) in [6.07, 6.45) is 5.52. The van der Waals surface area contributed by atoms with Crippen LogP contribution in [-0.4, -0.2) is 31.1 Å². The summed E-state index contributed by atoms with van der Waals surface area (Å²) in [4.78, 5) is 2.40. The monoisotopic (exact) mass is 248 g/mol. The molecule has 0 aliphatic carbocycles. The van der Waals surface area contributed by atoms with Crippen LogP contribution in [0.25, 0.3) is 0 Å². The quantitative estimate of drug-likeness (QED) is 0.751. The summed E-state index contributed by atoms with van der Waals surface area (Å²) in [5.74, 6) is 0.621. The van der Waals surface area contributed by atoms with Crippen molar-refractivity contribution in [1.82, 2.24) is 10.2 Å². The van der Waals surface area contributed by atoms with Crippen LogP contribution in [-0.2, 0) is 0 Å². The van der Waals surface area contributed by atoms with Crippen molar-refractivity contribution in [1.29, 1.82) is 0 Å². The Hall–Kier alpha value is -1.02. The number of hydrogen-bond acceptors (Lipinski definition) is 2. The van der Waals surface area contributed by atoms with Crippen molar-refractivity contribution in [3.05, 3.63) is 35.6 Å². The fourth-order valence-corrected chi connectivity index (χ4v) is 2.30. The summed E-state index contributed by atoms with van der Waals surface area (Å²) in [7, 11) is 0. The highest BCUT2D eigenvalue weighted by molar-refractivity contribution is 5.41. The Kier molecular flexibility index (Phi) is 6.20. The molecule has 0 spiro atoms. The van der Waals surface area contributed by atoms with Gasteiger partial charge in [0, 0.05) is 31.9 Å². The van der Waals surface area contributed by atoms with E-state index in [4.69, 9.17) is 0 Å². The van der Waals surface area contributed by atoms with E-state index in [9.17, 15) is 0 Å². The molecule has 1 aliphatic rings. The van der Waals surface area contributed by atoms with Crippen molar-refractivity contribution in [2.45, 2.75) is 34.1 Å². The third-order valence-electron chi connectivity index (χ3n) is 3.92. The molecule has 1 N–H and O–H groups in total. The highest BCUT2D eigenvalue weighted by Crippen LogP contribution is 2.25. The van der Waals surface area contributed by atoms with Gasteiger partial charge in [-0.15, -0.1) is 0 Å². The maximum Gasteiger partial charge on any atom is 0.0367 e. The Morgan fingerprint density at radius 1 is 1.39 bits per heavy atom. The summed E-state index contributed by atoms with van der Waals surface area (Å²) >= 11 is 0. The lowest BCUT2D eigenvalue weighted by atomic mass is 9.93. The van der Waals surface area contributed by atoms with Gasteiger partial charge in [0.25, 0.3) is 0 Å². The molecule has 0 aromatic carbocycles. The lowest BCUT2D eigenvalue weighted by molar-refractivity contribution is 0.305. The largest absolute Gasteiger partial charge is 0.369 e. The average Bonchev–Trinajstić information content (AvgIpc) is 2.43. The number of piperazine rings is 1. The van der Waals surface area contributed by atoms with E-state index in [2.05, 4.69) is 56.6 Å². The second-order valence-corrected chi connectivity index (χ2v) is 5.09. The fourth-order valence-electron chi connectivity index (χ4n) is 2.30. The van der Waals surface area contributed by atoms with Gasteiger partial charge in [0.05, 0.1) is 0 Å². The number of hydrogen-bond donors (Lipinski definition) is 1. The molecule has 0 saturated carbocycles. The van der Waals surface area contributed by atoms with Gasteiger partial charge >= 0.3 is 0 Å².